The second kappa shape index (κ2) is 8.04. The van der Waals surface area contributed by atoms with Crippen molar-refractivity contribution in [1.29, 1.82) is 0 Å². The molecule has 2 rings (SSSR count). The topological polar surface area (TPSA) is 78.4 Å². The van der Waals surface area contributed by atoms with Gasteiger partial charge in [-0.2, -0.15) is 0 Å². The third-order valence-electron chi connectivity index (χ3n) is 4.08. The van der Waals surface area contributed by atoms with Crippen LogP contribution in [0.3, 0.4) is 0 Å². The third-order valence-corrected chi connectivity index (χ3v) is 4.08. The van der Waals surface area contributed by atoms with Crippen LogP contribution < -0.4 is 10.6 Å². The third kappa shape index (κ3) is 5.34. The lowest BCUT2D eigenvalue weighted by Crippen LogP contribution is -2.27. The van der Waals surface area contributed by atoms with Crippen molar-refractivity contribution in [1.82, 2.24) is 5.32 Å². The highest BCUT2D eigenvalue weighted by molar-refractivity contribution is 6.03. The fourth-order valence-electron chi connectivity index (χ4n) is 2.61. The van der Waals surface area contributed by atoms with Gasteiger partial charge in [0.05, 0.1) is 11.3 Å². The Morgan fingerprint density at radius 2 is 1.69 bits per heavy atom. The smallest absolute Gasteiger partial charge is 0.253 e. The molecular formula is C21H26N2O3. The molecule has 0 fully saturated rings. The van der Waals surface area contributed by atoms with Crippen molar-refractivity contribution in [2.75, 3.05) is 11.9 Å². The molecule has 0 aliphatic rings. The lowest BCUT2D eigenvalue weighted by Gasteiger charge is -2.19. The fourth-order valence-corrected chi connectivity index (χ4v) is 2.61. The molecule has 5 heteroatoms. The van der Waals surface area contributed by atoms with Gasteiger partial charge in [0.15, 0.2) is 0 Å². The molecule has 0 unspecified atom stereocenters. The van der Waals surface area contributed by atoms with Crippen molar-refractivity contribution in [3.63, 3.8) is 0 Å². The van der Waals surface area contributed by atoms with Crippen LogP contribution in [0.2, 0.25) is 0 Å². The number of nitrogens with one attached hydrogen (secondary N) is 2. The summed E-state index contributed by atoms with van der Waals surface area (Å²) in [7, 11) is 0. The number of aromatic hydroxyl groups is 1. The molecule has 138 valence electrons. The fraction of sp³-hybridized carbons (Fsp3) is 0.333. The van der Waals surface area contributed by atoms with Gasteiger partial charge in [-0.25, -0.2) is 0 Å². The van der Waals surface area contributed by atoms with Crippen LogP contribution in [-0.2, 0) is 16.6 Å². The van der Waals surface area contributed by atoms with Crippen molar-refractivity contribution in [3.8, 4) is 5.75 Å². The van der Waals surface area contributed by atoms with E-state index in [4.69, 9.17) is 0 Å². The van der Waals surface area contributed by atoms with Crippen LogP contribution in [0.1, 0.15) is 49.2 Å². The SMILES string of the molecule is CC(=O)Nc1cc(O)ccc1C(=O)NCCc1ccc(C(C)(C)C)cc1. The summed E-state index contributed by atoms with van der Waals surface area (Å²) in [6, 6.07) is 12.7. The van der Waals surface area contributed by atoms with E-state index in [2.05, 4.69) is 55.7 Å². The molecule has 0 saturated carbocycles. The van der Waals surface area contributed by atoms with Crippen molar-refractivity contribution >= 4 is 17.5 Å². The largest absolute Gasteiger partial charge is 0.508 e. The zero-order valence-electron chi connectivity index (χ0n) is 15.7. The van der Waals surface area contributed by atoms with Gasteiger partial charge in [-0.05, 0) is 35.1 Å². The van der Waals surface area contributed by atoms with E-state index in [0.29, 0.717) is 24.2 Å². The average molecular weight is 354 g/mol. The Labute approximate surface area is 154 Å². The Morgan fingerprint density at radius 3 is 2.27 bits per heavy atom. The maximum absolute atomic E-state index is 12.4. The van der Waals surface area contributed by atoms with Gasteiger partial charge in [-0.15, -0.1) is 0 Å². The molecule has 0 aliphatic carbocycles. The van der Waals surface area contributed by atoms with Gasteiger partial charge in [0, 0.05) is 19.5 Å². The number of anilines is 1. The number of carbonyl (C=O) groups is 2. The Hall–Kier alpha value is -2.82. The van der Waals surface area contributed by atoms with Crippen LogP contribution in [0.5, 0.6) is 5.75 Å². The van der Waals surface area contributed by atoms with E-state index in [-0.39, 0.29) is 23.0 Å². The van der Waals surface area contributed by atoms with E-state index in [1.165, 1.54) is 30.7 Å². The highest BCUT2D eigenvalue weighted by Crippen LogP contribution is 2.23. The van der Waals surface area contributed by atoms with Gasteiger partial charge in [0.1, 0.15) is 5.75 Å². The van der Waals surface area contributed by atoms with Gasteiger partial charge in [-0.1, -0.05) is 45.0 Å². The Bertz CT molecular complexity index is 790. The predicted octanol–water partition coefficient (Wildman–Crippen LogP) is 3.62. The lowest BCUT2D eigenvalue weighted by atomic mass is 9.86. The van der Waals surface area contributed by atoms with E-state index >= 15 is 0 Å². The van der Waals surface area contributed by atoms with E-state index in [0.717, 1.165) is 5.56 Å². The van der Waals surface area contributed by atoms with Gasteiger partial charge in [0.2, 0.25) is 5.91 Å². The number of phenolic OH excluding ortho intramolecular Hbond substituents is 1. The van der Waals surface area contributed by atoms with Crippen LogP contribution in [0, 0.1) is 0 Å². The number of hydrogen-bond donors (Lipinski definition) is 3. The average Bonchev–Trinajstić information content (AvgIpc) is 2.54. The van der Waals surface area contributed by atoms with Crippen molar-refractivity contribution in [2.45, 2.75) is 39.5 Å². The summed E-state index contributed by atoms with van der Waals surface area (Å²) in [5.74, 6) is -0.604. The van der Waals surface area contributed by atoms with Gasteiger partial charge >= 0.3 is 0 Å². The molecule has 2 aromatic rings. The first-order valence-corrected chi connectivity index (χ1v) is 8.65. The minimum atomic E-state index is -0.302. The lowest BCUT2D eigenvalue weighted by molar-refractivity contribution is -0.114. The summed E-state index contributed by atoms with van der Waals surface area (Å²) >= 11 is 0. The molecule has 0 atom stereocenters. The van der Waals surface area contributed by atoms with Gasteiger partial charge in [0.25, 0.3) is 5.91 Å². The zero-order chi connectivity index (χ0) is 19.3. The van der Waals surface area contributed by atoms with Crippen LogP contribution in [0.4, 0.5) is 5.69 Å². The quantitative estimate of drug-likeness (QED) is 0.767. The molecule has 0 aliphatic heterocycles. The molecule has 0 spiro atoms. The monoisotopic (exact) mass is 354 g/mol. The Balaban J connectivity index is 1.98. The van der Waals surface area contributed by atoms with Crippen molar-refractivity contribution in [2.24, 2.45) is 0 Å². The molecule has 0 radical (unpaired) electrons. The number of carbonyl (C=O) groups excluding carboxylic acids is 2. The summed E-state index contributed by atoms with van der Waals surface area (Å²) in [6.45, 7) is 8.35. The summed E-state index contributed by atoms with van der Waals surface area (Å²) in [5, 5.41) is 15.0. The Kier molecular flexibility index (Phi) is 6.03. The number of amides is 2. The summed E-state index contributed by atoms with van der Waals surface area (Å²) in [5.41, 5.74) is 3.15. The minimum absolute atomic E-state index is 0.00996. The second-order valence-electron chi connectivity index (χ2n) is 7.36. The summed E-state index contributed by atoms with van der Waals surface area (Å²) < 4.78 is 0. The zero-order valence-corrected chi connectivity index (χ0v) is 15.7. The standard InChI is InChI=1S/C21H26N2O3/c1-14(24)23-19-13-17(25)9-10-18(19)20(26)22-12-11-15-5-7-16(8-6-15)21(2,3)4/h5-10,13,25H,11-12H2,1-4H3,(H,22,26)(H,23,24). The summed E-state index contributed by atoms with van der Waals surface area (Å²) in [4.78, 5) is 23.7. The van der Waals surface area contributed by atoms with E-state index in [9.17, 15) is 14.7 Å². The first kappa shape index (κ1) is 19.5. The molecule has 3 N–H and O–H groups in total. The van der Waals surface area contributed by atoms with Crippen molar-refractivity contribution in [3.05, 3.63) is 59.2 Å². The van der Waals surface area contributed by atoms with E-state index in [1.807, 2.05) is 0 Å². The number of rotatable bonds is 5. The second-order valence-corrected chi connectivity index (χ2v) is 7.36. The molecule has 0 heterocycles. The van der Waals surface area contributed by atoms with Crippen LogP contribution in [0.25, 0.3) is 0 Å². The molecule has 26 heavy (non-hydrogen) atoms. The van der Waals surface area contributed by atoms with Gasteiger partial charge < -0.3 is 15.7 Å². The number of phenols is 1. The number of benzene rings is 2. The van der Waals surface area contributed by atoms with Crippen LogP contribution in [-0.4, -0.2) is 23.5 Å². The maximum atomic E-state index is 12.4. The number of hydrogen-bond acceptors (Lipinski definition) is 3. The molecule has 5 nitrogen and oxygen atoms in total. The molecule has 0 aromatic heterocycles. The highest BCUT2D eigenvalue weighted by atomic mass is 16.3. The molecular weight excluding hydrogens is 328 g/mol. The highest BCUT2D eigenvalue weighted by Gasteiger charge is 2.14. The van der Waals surface area contributed by atoms with E-state index < -0.39 is 0 Å². The predicted molar refractivity (Wildman–Crippen MR) is 104 cm³/mol. The Morgan fingerprint density at radius 1 is 1.04 bits per heavy atom. The van der Waals surface area contributed by atoms with Crippen LogP contribution in [0.15, 0.2) is 42.5 Å². The first-order chi connectivity index (χ1) is 12.2. The van der Waals surface area contributed by atoms with Crippen LogP contribution >= 0.6 is 0 Å². The first-order valence-electron chi connectivity index (χ1n) is 8.65. The molecule has 0 saturated heterocycles. The van der Waals surface area contributed by atoms with Gasteiger partial charge in [-0.3, -0.25) is 9.59 Å². The molecule has 2 amide bonds. The summed E-state index contributed by atoms with van der Waals surface area (Å²) in [6.07, 6.45) is 0.712. The maximum Gasteiger partial charge on any atom is 0.253 e. The molecule has 2 aromatic carbocycles. The van der Waals surface area contributed by atoms with Crippen molar-refractivity contribution < 1.29 is 14.7 Å². The normalized spacial score (nSPS) is 11.1. The molecule has 0 bridgehead atoms. The minimum Gasteiger partial charge on any atom is -0.508 e. The van der Waals surface area contributed by atoms with E-state index in [1.54, 1.807) is 0 Å².